The van der Waals surface area contributed by atoms with Crippen molar-refractivity contribution in [3.63, 3.8) is 0 Å². The molecule has 112 valence electrons. The molecule has 1 aliphatic rings. The molecule has 2 aromatic rings. The zero-order chi connectivity index (χ0) is 14.5. The van der Waals surface area contributed by atoms with E-state index in [0.717, 1.165) is 12.5 Å². The van der Waals surface area contributed by atoms with E-state index < -0.39 is 0 Å². The van der Waals surface area contributed by atoms with Gasteiger partial charge in [0.2, 0.25) is 0 Å². The standard InChI is InChI=1S/C17H24N4/c1-2-14-5-3-7-16(9-14)20-17-8-4-6-15(10-17)11-21-13-18-12-19-21/h4,6,8,10,12-14,16,20H,2-3,5,7,9,11H2,1H3. The van der Waals surface area contributed by atoms with E-state index in [1.807, 2.05) is 4.68 Å². The molecule has 1 aliphatic carbocycles. The predicted molar refractivity (Wildman–Crippen MR) is 85.2 cm³/mol. The molecule has 1 aromatic heterocycles. The van der Waals surface area contributed by atoms with E-state index in [1.165, 1.54) is 43.4 Å². The van der Waals surface area contributed by atoms with Crippen LogP contribution in [0.25, 0.3) is 0 Å². The van der Waals surface area contributed by atoms with Gasteiger partial charge >= 0.3 is 0 Å². The zero-order valence-corrected chi connectivity index (χ0v) is 12.7. The number of hydrogen-bond donors (Lipinski definition) is 1. The van der Waals surface area contributed by atoms with Gasteiger partial charge in [0.05, 0.1) is 6.54 Å². The molecule has 0 aliphatic heterocycles. The SMILES string of the molecule is CCC1CCCC(Nc2cccc(Cn3cncn3)c2)C1. The molecule has 0 saturated heterocycles. The van der Waals surface area contributed by atoms with Gasteiger partial charge in [-0.25, -0.2) is 9.67 Å². The first-order valence-corrected chi connectivity index (χ1v) is 8.01. The summed E-state index contributed by atoms with van der Waals surface area (Å²) in [5, 5.41) is 7.88. The number of nitrogens with zero attached hydrogens (tertiary/aromatic N) is 3. The Labute approximate surface area is 126 Å². The fraction of sp³-hybridized carbons (Fsp3) is 0.529. The van der Waals surface area contributed by atoms with Crippen molar-refractivity contribution in [2.75, 3.05) is 5.32 Å². The summed E-state index contributed by atoms with van der Waals surface area (Å²) in [4.78, 5) is 3.99. The fourth-order valence-corrected chi connectivity index (χ4v) is 3.29. The van der Waals surface area contributed by atoms with Crippen molar-refractivity contribution in [1.29, 1.82) is 0 Å². The van der Waals surface area contributed by atoms with E-state index in [9.17, 15) is 0 Å². The van der Waals surface area contributed by atoms with Crippen molar-refractivity contribution in [2.24, 2.45) is 5.92 Å². The molecular formula is C17H24N4. The largest absolute Gasteiger partial charge is 0.382 e. The molecule has 0 radical (unpaired) electrons. The van der Waals surface area contributed by atoms with Crippen LogP contribution in [-0.2, 0) is 6.54 Å². The van der Waals surface area contributed by atoms with Crippen LogP contribution >= 0.6 is 0 Å². The summed E-state index contributed by atoms with van der Waals surface area (Å²) in [6.45, 7) is 3.09. The van der Waals surface area contributed by atoms with Gasteiger partial charge in [-0.05, 0) is 36.5 Å². The molecule has 21 heavy (non-hydrogen) atoms. The van der Waals surface area contributed by atoms with Crippen molar-refractivity contribution in [2.45, 2.75) is 51.6 Å². The first-order valence-electron chi connectivity index (χ1n) is 8.01. The Bertz CT molecular complexity index is 550. The van der Waals surface area contributed by atoms with Gasteiger partial charge in [0.25, 0.3) is 0 Å². The van der Waals surface area contributed by atoms with Gasteiger partial charge in [-0.15, -0.1) is 0 Å². The fourth-order valence-electron chi connectivity index (χ4n) is 3.29. The number of rotatable bonds is 5. The molecule has 4 nitrogen and oxygen atoms in total. The molecule has 3 rings (SSSR count). The minimum atomic E-state index is 0.630. The lowest BCUT2D eigenvalue weighted by Gasteiger charge is -2.30. The first-order chi connectivity index (χ1) is 10.3. The monoisotopic (exact) mass is 284 g/mol. The van der Waals surface area contributed by atoms with Crippen LogP contribution in [0.1, 0.15) is 44.6 Å². The number of benzene rings is 1. The second-order valence-electron chi connectivity index (χ2n) is 6.08. The van der Waals surface area contributed by atoms with Crippen molar-refractivity contribution in [1.82, 2.24) is 14.8 Å². The lowest BCUT2D eigenvalue weighted by Crippen LogP contribution is -2.27. The summed E-state index contributed by atoms with van der Waals surface area (Å²) in [5.74, 6) is 0.898. The van der Waals surface area contributed by atoms with E-state index in [2.05, 4.69) is 46.6 Å². The molecular weight excluding hydrogens is 260 g/mol. The first kappa shape index (κ1) is 14.1. The summed E-state index contributed by atoms with van der Waals surface area (Å²) < 4.78 is 1.85. The molecule has 0 amide bonds. The molecule has 2 atom stereocenters. The number of hydrogen-bond acceptors (Lipinski definition) is 3. The van der Waals surface area contributed by atoms with Crippen LogP contribution in [0.15, 0.2) is 36.9 Å². The Hall–Kier alpha value is -1.84. The predicted octanol–water partition coefficient (Wildman–Crippen LogP) is 3.71. The van der Waals surface area contributed by atoms with Gasteiger partial charge in [0, 0.05) is 11.7 Å². The van der Waals surface area contributed by atoms with Crippen LogP contribution < -0.4 is 5.32 Å². The molecule has 1 aromatic carbocycles. The third-order valence-electron chi connectivity index (χ3n) is 4.47. The van der Waals surface area contributed by atoms with Crippen molar-refractivity contribution in [3.8, 4) is 0 Å². The van der Waals surface area contributed by atoms with Crippen molar-refractivity contribution in [3.05, 3.63) is 42.5 Å². The number of anilines is 1. The molecule has 1 fully saturated rings. The average Bonchev–Trinajstić information content (AvgIpc) is 3.01. The van der Waals surface area contributed by atoms with Gasteiger partial charge in [0.15, 0.2) is 0 Å². The van der Waals surface area contributed by atoms with Crippen LogP contribution in [0.5, 0.6) is 0 Å². The van der Waals surface area contributed by atoms with E-state index in [0.29, 0.717) is 6.04 Å². The second-order valence-corrected chi connectivity index (χ2v) is 6.08. The number of aromatic nitrogens is 3. The molecule has 0 spiro atoms. The Morgan fingerprint density at radius 3 is 3.10 bits per heavy atom. The van der Waals surface area contributed by atoms with Crippen LogP contribution in [0.3, 0.4) is 0 Å². The van der Waals surface area contributed by atoms with Gasteiger partial charge < -0.3 is 5.32 Å². The van der Waals surface area contributed by atoms with Gasteiger partial charge in [-0.2, -0.15) is 5.10 Å². The molecule has 4 heteroatoms. The normalized spacial score (nSPS) is 22.1. The average molecular weight is 284 g/mol. The molecule has 2 unspecified atom stereocenters. The third-order valence-corrected chi connectivity index (χ3v) is 4.47. The summed E-state index contributed by atoms with van der Waals surface area (Å²) in [7, 11) is 0. The van der Waals surface area contributed by atoms with Crippen LogP contribution in [0.2, 0.25) is 0 Å². The second kappa shape index (κ2) is 6.74. The Kier molecular flexibility index (Phi) is 4.53. The zero-order valence-electron chi connectivity index (χ0n) is 12.7. The highest BCUT2D eigenvalue weighted by molar-refractivity contribution is 5.46. The Morgan fingerprint density at radius 1 is 1.33 bits per heavy atom. The summed E-state index contributed by atoms with van der Waals surface area (Å²) in [5.41, 5.74) is 2.49. The van der Waals surface area contributed by atoms with E-state index in [-0.39, 0.29) is 0 Å². The van der Waals surface area contributed by atoms with Gasteiger partial charge in [-0.3, -0.25) is 0 Å². The lowest BCUT2D eigenvalue weighted by atomic mass is 9.84. The highest BCUT2D eigenvalue weighted by Crippen LogP contribution is 2.28. The topological polar surface area (TPSA) is 42.7 Å². The van der Waals surface area contributed by atoms with E-state index in [4.69, 9.17) is 0 Å². The maximum Gasteiger partial charge on any atom is 0.137 e. The van der Waals surface area contributed by atoms with E-state index >= 15 is 0 Å². The number of nitrogens with one attached hydrogen (secondary N) is 1. The molecule has 1 heterocycles. The van der Waals surface area contributed by atoms with Crippen LogP contribution in [-0.4, -0.2) is 20.8 Å². The summed E-state index contributed by atoms with van der Waals surface area (Å²) >= 11 is 0. The van der Waals surface area contributed by atoms with Crippen molar-refractivity contribution < 1.29 is 0 Å². The van der Waals surface area contributed by atoms with E-state index in [1.54, 1.807) is 12.7 Å². The maximum atomic E-state index is 4.16. The van der Waals surface area contributed by atoms with Crippen LogP contribution in [0, 0.1) is 5.92 Å². The highest BCUT2D eigenvalue weighted by Gasteiger charge is 2.20. The van der Waals surface area contributed by atoms with Crippen LogP contribution in [0.4, 0.5) is 5.69 Å². The third kappa shape index (κ3) is 3.84. The molecule has 1 saturated carbocycles. The summed E-state index contributed by atoms with van der Waals surface area (Å²) in [6.07, 6.45) is 10.0. The molecule has 0 bridgehead atoms. The summed E-state index contributed by atoms with van der Waals surface area (Å²) in [6, 6.07) is 9.29. The smallest absolute Gasteiger partial charge is 0.137 e. The van der Waals surface area contributed by atoms with Crippen molar-refractivity contribution >= 4 is 5.69 Å². The van der Waals surface area contributed by atoms with Gasteiger partial charge in [-0.1, -0.05) is 38.3 Å². The van der Waals surface area contributed by atoms with Gasteiger partial charge in [0.1, 0.15) is 12.7 Å². The minimum Gasteiger partial charge on any atom is -0.382 e. The lowest BCUT2D eigenvalue weighted by molar-refractivity contribution is 0.327. The maximum absolute atomic E-state index is 4.16. The Balaban J connectivity index is 1.63. The molecule has 1 N–H and O–H groups in total. The highest BCUT2D eigenvalue weighted by atomic mass is 15.3. The Morgan fingerprint density at radius 2 is 2.29 bits per heavy atom. The minimum absolute atomic E-state index is 0.630. The quantitative estimate of drug-likeness (QED) is 0.910.